The highest BCUT2D eigenvalue weighted by atomic mass is 16.2. The van der Waals surface area contributed by atoms with Crippen molar-refractivity contribution in [3.05, 3.63) is 114 Å². The average molecular weight is 377 g/mol. The molecule has 0 spiro atoms. The van der Waals surface area contributed by atoms with E-state index in [0.717, 1.165) is 39.0 Å². The molecule has 3 aromatic carbocycles. The van der Waals surface area contributed by atoms with Gasteiger partial charge in [-0.1, -0.05) is 84.9 Å². The Labute approximate surface area is 168 Å². The summed E-state index contributed by atoms with van der Waals surface area (Å²) in [5.74, 6) is 0. The van der Waals surface area contributed by atoms with E-state index in [1.807, 2.05) is 91.0 Å². The van der Waals surface area contributed by atoms with E-state index in [9.17, 15) is 4.79 Å². The molecule has 4 nitrogen and oxygen atoms in total. The molecule has 4 heteroatoms. The van der Waals surface area contributed by atoms with E-state index >= 15 is 0 Å². The van der Waals surface area contributed by atoms with Crippen LogP contribution in [0.15, 0.2) is 97.1 Å². The van der Waals surface area contributed by atoms with E-state index in [1.54, 1.807) is 0 Å². The van der Waals surface area contributed by atoms with Crippen molar-refractivity contribution in [1.29, 1.82) is 0 Å². The molecule has 0 radical (unpaired) electrons. The number of fused-ring (bicyclic) bond motifs is 1. The lowest BCUT2D eigenvalue weighted by molar-refractivity contribution is 0.242. The van der Waals surface area contributed by atoms with Crippen LogP contribution in [0.1, 0.15) is 22.9 Å². The van der Waals surface area contributed by atoms with Gasteiger partial charge in [0.05, 0.1) is 22.9 Å². The molecule has 1 aromatic heterocycles. The fourth-order valence-corrected chi connectivity index (χ4v) is 3.78. The number of rotatable bonds is 3. The van der Waals surface area contributed by atoms with Crippen LogP contribution in [0.4, 0.5) is 4.79 Å². The second-order valence-corrected chi connectivity index (χ2v) is 6.99. The molecular weight excluding hydrogens is 358 g/mol. The number of urea groups is 1. The van der Waals surface area contributed by atoms with Crippen LogP contribution in [0.5, 0.6) is 0 Å². The maximum atomic E-state index is 12.5. The Balaban J connectivity index is 1.78. The largest absolute Gasteiger partial charge is 0.327 e. The third kappa shape index (κ3) is 3.25. The number of carbonyl (C=O) groups is 1. The number of carbonyl (C=O) groups excluding carboxylic acids is 1. The molecular formula is C25H19N3O. The van der Waals surface area contributed by atoms with E-state index in [4.69, 9.17) is 4.98 Å². The first-order valence-electron chi connectivity index (χ1n) is 9.58. The van der Waals surface area contributed by atoms with Crippen molar-refractivity contribution in [2.45, 2.75) is 6.04 Å². The molecule has 2 heterocycles. The summed E-state index contributed by atoms with van der Waals surface area (Å²) in [5.41, 5.74) is 5.46. The van der Waals surface area contributed by atoms with Crippen molar-refractivity contribution in [1.82, 2.24) is 15.6 Å². The van der Waals surface area contributed by atoms with Crippen molar-refractivity contribution in [2.75, 3.05) is 0 Å². The molecule has 1 atom stereocenters. The number of para-hydroxylation sites is 1. The van der Waals surface area contributed by atoms with Gasteiger partial charge in [-0.3, -0.25) is 0 Å². The molecule has 29 heavy (non-hydrogen) atoms. The van der Waals surface area contributed by atoms with Gasteiger partial charge in [0.25, 0.3) is 0 Å². The van der Waals surface area contributed by atoms with Crippen molar-refractivity contribution in [3.63, 3.8) is 0 Å². The molecule has 0 aliphatic carbocycles. The molecule has 140 valence electrons. The van der Waals surface area contributed by atoms with Crippen molar-refractivity contribution >= 4 is 28.2 Å². The molecule has 0 saturated carbocycles. The van der Waals surface area contributed by atoms with Crippen LogP contribution in [0.2, 0.25) is 0 Å². The van der Waals surface area contributed by atoms with Crippen LogP contribution in [0.3, 0.4) is 0 Å². The zero-order chi connectivity index (χ0) is 19.6. The Morgan fingerprint density at radius 3 is 2.21 bits per heavy atom. The van der Waals surface area contributed by atoms with Crippen LogP contribution in [0, 0.1) is 0 Å². The highest BCUT2D eigenvalue weighted by Crippen LogP contribution is 2.37. The fourth-order valence-electron chi connectivity index (χ4n) is 3.78. The fraction of sp³-hybridized carbons (Fsp3) is 0.0400. The first kappa shape index (κ1) is 17.2. The molecule has 2 N–H and O–H groups in total. The number of hydrogen-bond acceptors (Lipinski definition) is 2. The van der Waals surface area contributed by atoms with Gasteiger partial charge in [0.2, 0.25) is 0 Å². The van der Waals surface area contributed by atoms with E-state index in [1.165, 1.54) is 0 Å². The highest BCUT2D eigenvalue weighted by molar-refractivity contribution is 6.03. The number of pyridine rings is 1. The van der Waals surface area contributed by atoms with Gasteiger partial charge < -0.3 is 10.6 Å². The van der Waals surface area contributed by atoms with Gasteiger partial charge >= 0.3 is 6.03 Å². The minimum Gasteiger partial charge on any atom is -0.327 e. The predicted octanol–water partition coefficient (Wildman–Crippen LogP) is 5.16. The second kappa shape index (κ2) is 7.24. The number of benzene rings is 3. The molecule has 1 aliphatic rings. The standard InChI is InChI=1S/C25H19N3O/c29-25-27-23(18-10-3-1-4-11-18)22(24(28-25)19-12-5-2-6-13-19)21-16-15-17-9-7-8-14-20(17)26-21/h1-16,23H,(H2,27,28,29)/t23-/m1/s1. The topological polar surface area (TPSA) is 54.0 Å². The van der Waals surface area contributed by atoms with E-state index in [-0.39, 0.29) is 12.1 Å². The van der Waals surface area contributed by atoms with Gasteiger partial charge in [0, 0.05) is 11.0 Å². The van der Waals surface area contributed by atoms with Gasteiger partial charge in [-0.25, -0.2) is 9.78 Å². The lowest BCUT2D eigenvalue weighted by atomic mass is 9.90. The number of nitrogens with zero attached hydrogens (tertiary/aromatic N) is 1. The molecule has 4 aromatic rings. The normalized spacial score (nSPS) is 16.4. The maximum Gasteiger partial charge on any atom is 0.320 e. The summed E-state index contributed by atoms with van der Waals surface area (Å²) in [6.45, 7) is 0. The third-order valence-electron chi connectivity index (χ3n) is 5.14. The van der Waals surface area contributed by atoms with Crippen LogP contribution in [-0.4, -0.2) is 11.0 Å². The summed E-state index contributed by atoms with van der Waals surface area (Å²) < 4.78 is 0. The summed E-state index contributed by atoms with van der Waals surface area (Å²) in [4.78, 5) is 17.5. The van der Waals surface area contributed by atoms with Gasteiger partial charge in [0.1, 0.15) is 0 Å². The minimum atomic E-state index is -0.297. The van der Waals surface area contributed by atoms with Gasteiger partial charge in [-0.2, -0.15) is 0 Å². The predicted molar refractivity (Wildman–Crippen MR) is 116 cm³/mol. The van der Waals surface area contributed by atoms with E-state index in [2.05, 4.69) is 16.7 Å². The summed E-state index contributed by atoms with van der Waals surface area (Å²) in [5, 5.41) is 7.19. The second-order valence-electron chi connectivity index (χ2n) is 6.99. The Kier molecular flexibility index (Phi) is 4.30. The van der Waals surface area contributed by atoms with E-state index < -0.39 is 0 Å². The summed E-state index contributed by atoms with van der Waals surface area (Å²) in [7, 11) is 0. The van der Waals surface area contributed by atoms with Crippen molar-refractivity contribution in [3.8, 4) is 0 Å². The molecule has 0 saturated heterocycles. The lowest BCUT2D eigenvalue weighted by Gasteiger charge is -2.30. The highest BCUT2D eigenvalue weighted by Gasteiger charge is 2.30. The quantitative estimate of drug-likeness (QED) is 0.518. The minimum absolute atomic E-state index is 0.220. The van der Waals surface area contributed by atoms with Gasteiger partial charge in [-0.05, 0) is 23.3 Å². The molecule has 0 unspecified atom stereocenters. The summed E-state index contributed by atoms with van der Waals surface area (Å²) in [6.07, 6.45) is 0. The first-order valence-corrected chi connectivity index (χ1v) is 9.58. The number of aromatic nitrogens is 1. The molecule has 0 fully saturated rings. The molecule has 1 aliphatic heterocycles. The Morgan fingerprint density at radius 1 is 0.724 bits per heavy atom. The smallest absolute Gasteiger partial charge is 0.320 e. The monoisotopic (exact) mass is 377 g/mol. The first-order chi connectivity index (χ1) is 14.3. The van der Waals surface area contributed by atoms with Crippen LogP contribution < -0.4 is 10.6 Å². The number of amides is 2. The number of nitrogens with one attached hydrogen (secondary N) is 2. The van der Waals surface area contributed by atoms with Crippen LogP contribution in [-0.2, 0) is 0 Å². The molecule has 0 bridgehead atoms. The third-order valence-corrected chi connectivity index (χ3v) is 5.14. The Morgan fingerprint density at radius 2 is 1.41 bits per heavy atom. The Hall–Kier alpha value is -3.92. The Bertz CT molecular complexity index is 1220. The van der Waals surface area contributed by atoms with E-state index in [0.29, 0.717) is 0 Å². The van der Waals surface area contributed by atoms with Crippen LogP contribution in [0.25, 0.3) is 22.2 Å². The van der Waals surface area contributed by atoms with Gasteiger partial charge in [0.15, 0.2) is 0 Å². The van der Waals surface area contributed by atoms with Crippen molar-refractivity contribution < 1.29 is 4.79 Å². The zero-order valence-corrected chi connectivity index (χ0v) is 15.7. The van der Waals surface area contributed by atoms with Gasteiger partial charge in [-0.15, -0.1) is 0 Å². The van der Waals surface area contributed by atoms with Crippen molar-refractivity contribution in [2.24, 2.45) is 0 Å². The van der Waals surface area contributed by atoms with Crippen LogP contribution >= 0.6 is 0 Å². The lowest BCUT2D eigenvalue weighted by Crippen LogP contribution is -2.43. The summed E-state index contributed by atoms with van der Waals surface area (Å²) in [6, 6.07) is 31.5. The maximum absolute atomic E-state index is 12.5. The zero-order valence-electron chi connectivity index (χ0n) is 15.7. The number of hydrogen-bond donors (Lipinski definition) is 2. The molecule has 5 rings (SSSR count). The summed E-state index contributed by atoms with van der Waals surface area (Å²) >= 11 is 0. The SMILES string of the molecule is O=C1NC(c2ccccc2)=C(c2ccc3ccccc3n2)[C@@H](c2ccccc2)N1. The molecule has 2 amide bonds. The average Bonchev–Trinajstić information content (AvgIpc) is 2.79.